The first kappa shape index (κ1) is 13.4. The van der Waals surface area contributed by atoms with Crippen molar-refractivity contribution in [2.45, 2.75) is 64.5 Å². The van der Waals surface area contributed by atoms with Gasteiger partial charge in [-0.25, -0.2) is 0 Å². The zero-order chi connectivity index (χ0) is 13.4. The minimum absolute atomic E-state index is 0.0976. The van der Waals surface area contributed by atoms with E-state index in [1.807, 2.05) is 0 Å². The quantitative estimate of drug-likeness (QED) is 0.821. The van der Waals surface area contributed by atoms with Gasteiger partial charge in [0.1, 0.15) is 0 Å². The highest BCUT2D eigenvalue weighted by molar-refractivity contribution is 5.83. The Balaban J connectivity index is 1.57. The van der Waals surface area contributed by atoms with E-state index >= 15 is 0 Å². The summed E-state index contributed by atoms with van der Waals surface area (Å²) < 4.78 is 0. The third kappa shape index (κ3) is 2.42. The molecule has 0 aromatic carbocycles. The Morgan fingerprint density at radius 3 is 2.84 bits per heavy atom. The van der Waals surface area contributed by atoms with Crippen LogP contribution in [0.1, 0.15) is 52.4 Å². The lowest BCUT2D eigenvalue weighted by Crippen LogP contribution is -2.48. The predicted molar refractivity (Wildman–Crippen MR) is 76.7 cm³/mol. The molecule has 2 aliphatic carbocycles. The minimum Gasteiger partial charge on any atom is -0.352 e. The van der Waals surface area contributed by atoms with E-state index in [4.69, 9.17) is 0 Å². The number of nitrogens with one attached hydrogen (secondary N) is 2. The summed E-state index contributed by atoms with van der Waals surface area (Å²) in [5, 5.41) is 6.81. The number of carbonyl (C=O) groups excluding carboxylic acids is 1. The van der Waals surface area contributed by atoms with Crippen molar-refractivity contribution < 1.29 is 4.79 Å². The van der Waals surface area contributed by atoms with Crippen molar-refractivity contribution in [2.24, 2.45) is 23.7 Å². The van der Waals surface area contributed by atoms with Crippen LogP contribution in [0.25, 0.3) is 0 Å². The van der Waals surface area contributed by atoms with E-state index in [-0.39, 0.29) is 11.9 Å². The van der Waals surface area contributed by atoms with Crippen LogP contribution in [0.5, 0.6) is 0 Å². The second-order valence-electron chi connectivity index (χ2n) is 6.96. The highest BCUT2D eigenvalue weighted by Crippen LogP contribution is 2.38. The first-order valence-electron chi connectivity index (χ1n) is 8.24. The second kappa shape index (κ2) is 5.43. The van der Waals surface area contributed by atoms with Gasteiger partial charge in [0, 0.05) is 6.04 Å². The maximum absolute atomic E-state index is 12.5. The van der Waals surface area contributed by atoms with Gasteiger partial charge in [-0.2, -0.15) is 0 Å². The number of fused-ring (bicyclic) bond motifs is 1. The Hall–Kier alpha value is -0.570. The van der Waals surface area contributed by atoms with Crippen LogP contribution >= 0.6 is 0 Å². The number of hydrogen-bond donors (Lipinski definition) is 2. The highest BCUT2D eigenvalue weighted by atomic mass is 16.2. The van der Waals surface area contributed by atoms with Crippen molar-refractivity contribution in [3.8, 4) is 0 Å². The van der Waals surface area contributed by atoms with Gasteiger partial charge in [-0.3, -0.25) is 4.79 Å². The van der Waals surface area contributed by atoms with Crippen molar-refractivity contribution in [2.75, 3.05) is 6.54 Å². The molecule has 1 aliphatic heterocycles. The predicted octanol–water partition coefficient (Wildman–Crippen LogP) is 2.32. The van der Waals surface area contributed by atoms with Gasteiger partial charge in [0.15, 0.2) is 0 Å². The van der Waals surface area contributed by atoms with Gasteiger partial charge in [0.05, 0.1) is 6.04 Å². The summed E-state index contributed by atoms with van der Waals surface area (Å²) in [5.41, 5.74) is 0. The number of carbonyl (C=O) groups is 1. The highest BCUT2D eigenvalue weighted by Gasteiger charge is 2.43. The fourth-order valence-corrected chi connectivity index (χ4v) is 4.77. The normalized spacial score (nSPS) is 45.4. The molecule has 1 amide bonds. The maximum atomic E-state index is 12.5. The molecule has 3 nitrogen and oxygen atoms in total. The maximum Gasteiger partial charge on any atom is 0.237 e. The molecule has 108 valence electrons. The third-order valence-electron chi connectivity index (χ3n) is 6.11. The Bertz CT molecular complexity index is 344. The van der Waals surface area contributed by atoms with E-state index in [0.717, 1.165) is 18.4 Å². The molecule has 0 bridgehead atoms. The van der Waals surface area contributed by atoms with Crippen molar-refractivity contribution in [3.63, 3.8) is 0 Å². The van der Waals surface area contributed by atoms with Crippen LogP contribution in [0.15, 0.2) is 0 Å². The van der Waals surface area contributed by atoms with Crippen molar-refractivity contribution in [1.29, 1.82) is 0 Å². The first-order chi connectivity index (χ1) is 9.20. The molecular weight excluding hydrogens is 236 g/mol. The molecule has 0 aromatic rings. The summed E-state index contributed by atoms with van der Waals surface area (Å²) in [6.07, 6.45) is 7.59. The van der Waals surface area contributed by atoms with Crippen LogP contribution in [0, 0.1) is 23.7 Å². The van der Waals surface area contributed by atoms with Gasteiger partial charge < -0.3 is 10.6 Å². The van der Waals surface area contributed by atoms with Gasteiger partial charge in [-0.15, -0.1) is 0 Å². The molecular formula is C16H28N2O. The standard InChI is InChI=1S/C16H28N2O/c1-3-11-7-8-14(10(11)2)18-16(19)15-13-6-4-5-12(13)9-17-15/h10-15,17H,3-9H2,1-2H3,(H,18,19). The van der Waals surface area contributed by atoms with Crippen LogP contribution in [0.3, 0.4) is 0 Å². The Kier molecular flexibility index (Phi) is 3.84. The van der Waals surface area contributed by atoms with E-state index in [2.05, 4.69) is 24.5 Å². The zero-order valence-electron chi connectivity index (χ0n) is 12.3. The van der Waals surface area contributed by atoms with Gasteiger partial charge >= 0.3 is 0 Å². The van der Waals surface area contributed by atoms with Gasteiger partial charge in [-0.05, 0) is 55.9 Å². The van der Waals surface area contributed by atoms with Crippen molar-refractivity contribution in [3.05, 3.63) is 0 Å². The molecule has 0 spiro atoms. The summed E-state index contributed by atoms with van der Waals surface area (Å²) in [4.78, 5) is 12.5. The lowest BCUT2D eigenvalue weighted by Gasteiger charge is -2.24. The fraction of sp³-hybridized carbons (Fsp3) is 0.938. The smallest absolute Gasteiger partial charge is 0.237 e. The monoisotopic (exact) mass is 264 g/mol. The molecule has 3 fully saturated rings. The molecule has 0 aromatic heterocycles. The number of rotatable bonds is 3. The van der Waals surface area contributed by atoms with E-state index in [9.17, 15) is 4.79 Å². The van der Waals surface area contributed by atoms with E-state index in [1.54, 1.807) is 0 Å². The molecule has 6 atom stereocenters. The van der Waals surface area contributed by atoms with Gasteiger partial charge in [-0.1, -0.05) is 26.7 Å². The summed E-state index contributed by atoms with van der Waals surface area (Å²) in [6.45, 7) is 5.64. The fourth-order valence-electron chi connectivity index (χ4n) is 4.77. The van der Waals surface area contributed by atoms with Crippen LogP contribution in [0.2, 0.25) is 0 Å². The average Bonchev–Trinajstić information content (AvgIpc) is 3.05. The number of hydrogen-bond acceptors (Lipinski definition) is 2. The molecule has 19 heavy (non-hydrogen) atoms. The zero-order valence-corrected chi connectivity index (χ0v) is 12.3. The molecule has 3 aliphatic rings. The van der Waals surface area contributed by atoms with Gasteiger partial charge in [0.2, 0.25) is 5.91 Å². The summed E-state index contributed by atoms with van der Waals surface area (Å²) in [6, 6.07) is 0.514. The topological polar surface area (TPSA) is 41.1 Å². The first-order valence-corrected chi connectivity index (χ1v) is 8.24. The second-order valence-corrected chi connectivity index (χ2v) is 6.96. The Morgan fingerprint density at radius 2 is 2.11 bits per heavy atom. The SMILES string of the molecule is CCC1CCC(NC(=O)C2NCC3CCCC32)C1C. The van der Waals surface area contributed by atoms with E-state index < -0.39 is 0 Å². The van der Waals surface area contributed by atoms with Crippen molar-refractivity contribution in [1.82, 2.24) is 10.6 Å². The van der Waals surface area contributed by atoms with Crippen LogP contribution < -0.4 is 10.6 Å². The molecule has 0 radical (unpaired) electrons. The minimum atomic E-state index is 0.0976. The van der Waals surface area contributed by atoms with Gasteiger partial charge in [0.25, 0.3) is 0 Å². The molecule has 1 heterocycles. The summed E-state index contributed by atoms with van der Waals surface area (Å²) in [5.74, 6) is 3.11. The molecule has 6 unspecified atom stereocenters. The number of amides is 1. The third-order valence-corrected chi connectivity index (χ3v) is 6.11. The molecule has 1 saturated heterocycles. The molecule has 2 N–H and O–H groups in total. The molecule has 3 rings (SSSR count). The summed E-state index contributed by atoms with van der Waals surface area (Å²) >= 11 is 0. The molecule has 3 heteroatoms. The largest absolute Gasteiger partial charge is 0.352 e. The Labute approximate surface area is 116 Å². The average molecular weight is 264 g/mol. The summed E-state index contributed by atoms with van der Waals surface area (Å²) in [7, 11) is 0. The van der Waals surface area contributed by atoms with Crippen molar-refractivity contribution >= 4 is 5.91 Å². The van der Waals surface area contributed by atoms with Crippen LogP contribution in [-0.2, 0) is 4.79 Å². The molecule has 2 saturated carbocycles. The van der Waals surface area contributed by atoms with Crippen LogP contribution in [-0.4, -0.2) is 24.5 Å². The Morgan fingerprint density at radius 1 is 1.26 bits per heavy atom. The van der Waals surface area contributed by atoms with E-state index in [1.165, 1.54) is 38.5 Å². The lowest BCUT2D eigenvalue weighted by atomic mass is 9.92. The van der Waals surface area contributed by atoms with Crippen LogP contribution in [0.4, 0.5) is 0 Å². The van der Waals surface area contributed by atoms with E-state index in [0.29, 0.717) is 17.9 Å². The lowest BCUT2D eigenvalue weighted by molar-refractivity contribution is -0.124.